The van der Waals surface area contributed by atoms with Gasteiger partial charge in [0.25, 0.3) is 0 Å². The minimum atomic E-state index is -0.597. The summed E-state index contributed by atoms with van der Waals surface area (Å²) in [6.07, 6.45) is 6.92. The quantitative estimate of drug-likeness (QED) is 0.672. The van der Waals surface area contributed by atoms with E-state index in [0.29, 0.717) is 6.42 Å². The molecule has 1 fully saturated rings. The molecule has 1 amide bonds. The number of nitrogens with one attached hydrogen (secondary N) is 1. The maximum atomic E-state index is 12.5. The monoisotopic (exact) mass is 395 g/mol. The SMILES string of the molecule is Cc1nccn1[C@@H]1CCC[C@@H](NC(=O)CCCn2c(C)nc3ccccc32)[C@H]1O. The molecule has 0 bridgehead atoms. The van der Waals surface area contributed by atoms with E-state index in [0.717, 1.165) is 54.9 Å². The third-order valence-electron chi connectivity index (χ3n) is 6.02. The van der Waals surface area contributed by atoms with Gasteiger partial charge in [0.05, 0.1) is 29.2 Å². The Bertz CT molecular complexity index is 992. The van der Waals surface area contributed by atoms with Gasteiger partial charge in [-0.05, 0) is 51.7 Å². The lowest BCUT2D eigenvalue weighted by molar-refractivity contribution is -0.123. The second-order valence-electron chi connectivity index (χ2n) is 7.95. The van der Waals surface area contributed by atoms with E-state index in [2.05, 4.69) is 25.9 Å². The Labute approximate surface area is 170 Å². The summed E-state index contributed by atoms with van der Waals surface area (Å²) >= 11 is 0. The number of rotatable bonds is 6. The van der Waals surface area contributed by atoms with Crippen LogP contribution in [0.5, 0.6) is 0 Å². The van der Waals surface area contributed by atoms with Crippen molar-refractivity contribution in [3.8, 4) is 0 Å². The zero-order chi connectivity index (χ0) is 20.4. The summed E-state index contributed by atoms with van der Waals surface area (Å²) in [6.45, 7) is 4.69. The summed E-state index contributed by atoms with van der Waals surface area (Å²) in [7, 11) is 0. The molecule has 3 aromatic rings. The summed E-state index contributed by atoms with van der Waals surface area (Å²) in [5.74, 6) is 1.86. The highest BCUT2D eigenvalue weighted by atomic mass is 16.3. The van der Waals surface area contributed by atoms with Crippen LogP contribution in [0.3, 0.4) is 0 Å². The maximum Gasteiger partial charge on any atom is 0.220 e. The number of aliphatic hydroxyl groups excluding tert-OH is 1. The minimum absolute atomic E-state index is 0.000808. The van der Waals surface area contributed by atoms with Crippen molar-refractivity contribution in [1.82, 2.24) is 24.4 Å². The van der Waals surface area contributed by atoms with E-state index in [1.807, 2.05) is 42.8 Å². The number of aromatic nitrogens is 4. The number of nitrogens with zero attached hydrogens (tertiary/aromatic N) is 4. The predicted octanol–water partition coefficient (Wildman–Crippen LogP) is 2.90. The van der Waals surface area contributed by atoms with Crippen LogP contribution < -0.4 is 5.32 Å². The number of benzene rings is 1. The topological polar surface area (TPSA) is 85.0 Å². The maximum absolute atomic E-state index is 12.5. The molecular formula is C22H29N5O2. The Hall–Kier alpha value is -2.67. The largest absolute Gasteiger partial charge is 0.389 e. The van der Waals surface area contributed by atoms with E-state index in [4.69, 9.17) is 0 Å². The highest BCUT2D eigenvalue weighted by molar-refractivity contribution is 5.77. The second-order valence-corrected chi connectivity index (χ2v) is 7.95. The fourth-order valence-corrected chi connectivity index (χ4v) is 4.51. The highest BCUT2D eigenvalue weighted by Gasteiger charge is 2.34. The molecule has 7 nitrogen and oxygen atoms in total. The summed E-state index contributed by atoms with van der Waals surface area (Å²) in [6, 6.07) is 7.83. The third kappa shape index (κ3) is 4.05. The van der Waals surface area contributed by atoms with Crippen LogP contribution in [0.25, 0.3) is 11.0 Å². The van der Waals surface area contributed by atoms with E-state index in [-0.39, 0.29) is 18.0 Å². The Balaban J connectivity index is 1.32. The number of fused-ring (bicyclic) bond motifs is 1. The first-order valence-corrected chi connectivity index (χ1v) is 10.4. The van der Waals surface area contributed by atoms with Crippen molar-refractivity contribution < 1.29 is 9.90 Å². The molecule has 1 aliphatic rings. The van der Waals surface area contributed by atoms with Gasteiger partial charge in [-0.25, -0.2) is 9.97 Å². The van der Waals surface area contributed by atoms with Crippen LogP contribution in [-0.4, -0.2) is 42.3 Å². The fourth-order valence-electron chi connectivity index (χ4n) is 4.51. The molecule has 0 spiro atoms. The zero-order valence-corrected chi connectivity index (χ0v) is 17.1. The van der Waals surface area contributed by atoms with Gasteiger partial charge in [0.1, 0.15) is 11.6 Å². The number of carbonyl (C=O) groups excluding carboxylic acids is 1. The molecule has 154 valence electrons. The van der Waals surface area contributed by atoms with Crippen LogP contribution in [0, 0.1) is 13.8 Å². The van der Waals surface area contributed by atoms with E-state index in [9.17, 15) is 9.90 Å². The lowest BCUT2D eigenvalue weighted by atomic mass is 9.87. The number of hydrogen-bond acceptors (Lipinski definition) is 4. The van der Waals surface area contributed by atoms with Crippen molar-refractivity contribution >= 4 is 16.9 Å². The molecule has 1 aliphatic carbocycles. The first-order valence-electron chi connectivity index (χ1n) is 10.4. The normalized spacial score (nSPS) is 22.1. The molecule has 0 unspecified atom stereocenters. The number of para-hydroxylation sites is 2. The molecule has 1 aromatic carbocycles. The lowest BCUT2D eigenvalue weighted by Gasteiger charge is -2.36. The summed E-state index contributed by atoms with van der Waals surface area (Å²) in [5.41, 5.74) is 2.09. The molecule has 0 saturated heterocycles. The Morgan fingerprint density at radius 1 is 1.24 bits per heavy atom. The molecule has 29 heavy (non-hydrogen) atoms. The zero-order valence-electron chi connectivity index (χ0n) is 17.1. The molecule has 7 heteroatoms. The van der Waals surface area contributed by atoms with Gasteiger partial charge in [0.15, 0.2) is 0 Å². The molecule has 2 aromatic heterocycles. The van der Waals surface area contributed by atoms with Gasteiger partial charge >= 0.3 is 0 Å². The molecule has 4 rings (SSSR count). The van der Waals surface area contributed by atoms with Crippen molar-refractivity contribution in [2.45, 2.75) is 70.7 Å². The van der Waals surface area contributed by atoms with E-state index >= 15 is 0 Å². The average molecular weight is 396 g/mol. The standard InChI is InChI=1S/C22H29N5O2/c1-15-23-12-14-27(15)20-10-5-8-18(22(20)29)25-21(28)11-6-13-26-16(2)24-17-7-3-4-9-19(17)26/h3-4,7,9,12,14,18,20,22,29H,5-6,8,10-11,13H2,1-2H3,(H,25,28)/t18-,20-,22-/m1/s1. The Morgan fingerprint density at radius 3 is 2.86 bits per heavy atom. The van der Waals surface area contributed by atoms with Crippen LogP contribution >= 0.6 is 0 Å². The van der Waals surface area contributed by atoms with Gasteiger partial charge in [0, 0.05) is 25.4 Å². The Kier molecular flexibility index (Phi) is 5.67. The van der Waals surface area contributed by atoms with Crippen molar-refractivity contribution in [3.63, 3.8) is 0 Å². The van der Waals surface area contributed by atoms with Gasteiger partial charge in [0.2, 0.25) is 5.91 Å². The molecule has 3 atom stereocenters. The van der Waals surface area contributed by atoms with Gasteiger partial charge in [-0.3, -0.25) is 4.79 Å². The van der Waals surface area contributed by atoms with Crippen LogP contribution in [-0.2, 0) is 11.3 Å². The van der Waals surface area contributed by atoms with Gasteiger partial charge in [-0.15, -0.1) is 0 Å². The number of aliphatic hydroxyl groups is 1. The fraction of sp³-hybridized carbons (Fsp3) is 0.500. The van der Waals surface area contributed by atoms with Crippen LogP contribution in [0.1, 0.15) is 49.8 Å². The number of imidazole rings is 2. The van der Waals surface area contributed by atoms with Gasteiger partial charge in [-0.2, -0.15) is 0 Å². The molecule has 0 aliphatic heterocycles. The first-order chi connectivity index (χ1) is 14.0. The minimum Gasteiger partial charge on any atom is -0.389 e. The molecule has 1 saturated carbocycles. The molecule has 2 N–H and O–H groups in total. The van der Waals surface area contributed by atoms with Crippen LogP contribution in [0.2, 0.25) is 0 Å². The number of aryl methyl sites for hydroxylation is 3. The smallest absolute Gasteiger partial charge is 0.220 e. The van der Waals surface area contributed by atoms with E-state index in [1.165, 1.54) is 0 Å². The Morgan fingerprint density at radius 2 is 2.07 bits per heavy atom. The van der Waals surface area contributed by atoms with Gasteiger partial charge in [-0.1, -0.05) is 12.1 Å². The van der Waals surface area contributed by atoms with Crippen molar-refractivity contribution in [2.24, 2.45) is 0 Å². The van der Waals surface area contributed by atoms with Crippen molar-refractivity contribution in [1.29, 1.82) is 0 Å². The third-order valence-corrected chi connectivity index (χ3v) is 6.02. The lowest BCUT2D eigenvalue weighted by Crippen LogP contribution is -2.49. The average Bonchev–Trinajstić information content (AvgIpc) is 3.26. The number of carbonyl (C=O) groups is 1. The summed E-state index contributed by atoms with van der Waals surface area (Å²) in [5, 5.41) is 13.9. The second kappa shape index (κ2) is 8.37. The molecular weight excluding hydrogens is 366 g/mol. The number of amides is 1. The van der Waals surface area contributed by atoms with E-state index < -0.39 is 6.10 Å². The summed E-state index contributed by atoms with van der Waals surface area (Å²) in [4.78, 5) is 21.4. The van der Waals surface area contributed by atoms with Crippen molar-refractivity contribution in [3.05, 3.63) is 48.3 Å². The predicted molar refractivity (Wildman–Crippen MR) is 111 cm³/mol. The molecule has 0 radical (unpaired) electrons. The highest BCUT2D eigenvalue weighted by Crippen LogP contribution is 2.30. The first kappa shape index (κ1) is 19.6. The number of hydrogen-bond donors (Lipinski definition) is 2. The van der Waals surface area contributed by atoms with E-state index in [1.54, 1.807) is 6.20 Å². The summed E-state index contributed by atoms with van der Waals surface area (Å²) < 4.78 is 4.19. The van der Waals surface area contributed by atoms with Crippen LogP contribution in [0.4, 0.5) is 0 Å². The molecule has 2 heterocycles. The van der Waals surface area contributed by atoms with Crippen molar-refractivity contribution in [2.75, 3.05) is 0 Å². The van der Waals surface area contributed by atoms with Gasteiger partial charge < -0.3 is 19.6 Å². The van der Waals surface area contributed by atoms with Crippen LogP contribution in [0.15, 0.2) is 36.7 Å².